The molecule has 4 nitrogen and oxygen atoms in total. The maximum atomic E-state index is 13.0. The molecule has 1 rings (SSSR count). The lowest BCUT2D eigenvalue weighted by atomic mass is 10.1. The van der Waals surface area contributed by atoms with Gasteiger partial charge in [-0.05, 0) is 17.7 Å². The Balaban J connectivity index is 2.73. The van der Waals surface area contributed by atoms with Crippen LogP contribution in [0, 0.1) is 0 Å². The van der Waals surface area contributed by atoms with Gasteiger partial charge in [-0.3, -0.25) is 9.59 Å². The van der Waals surface area contributed by atoms with Crippen LogP contribution in [0.4, 0.5) is 13.2 Å². The van der Waals surface area contributed by atoms with Crippen LogP contribution in [0.5, 0.6) is 0 Å². The fourth-order valence-corrected chi connectivity index (χ4v) is 2.15. The van der Waals surface area contributed by atoms with Crippen LogP contribution < -0.4 is 11.1 Å². The number of nitrogens with two attached hydrogens (primary N) is 1. The smallest absolute Gasteiger partial charge is 0.369 e. The lowest BCUT2D eigenvalue weighted by molar-refractivity contribution is -0.162. The van der Waals surface area contributed by atoms with Crippen LogP contribution in [0.25, 0.3) is 0 Å². The van der Waals surface area contributed by atoms with E-state index < -0.39 is 24.0 Å². The van der Waals surface area contributed by atoms with Crippen molar-refractivity contribution < 1.29 is 22.8 Å². The maximum Gasteiger partial charge on any atom is 0.412 e. The van der Waals surface area contributed by atoms with Gasteiger partial charge in [-0.15, -0.1) is 11.8 Å². The zero-order chi connectivity index (χ0) is 16.0. The van der Waals surface area contributed by atoms with E-state index in [2.05, 4.69) is 0 Å². The summed E-state index contributed by atoms with van der Waals surface area (Å²) in [4.78, 5) is 22.0. The normalized spacial score (nSPS) is 12.8. The molecule has 1 atom stereocenters. The topological polar surface area (TPSA) is 72.2 Å². The minimum Gasteiger partial charge on any atom is -0.369 e. The number of benzene rings is 1. The van der Waals surface area contributed by atoms with Gasteiger partial charge >= 0.3 is 6.18 Å². The van der Waals surface area contributed by atoms with Gasteiger partial charge in [-0.25, -0.2) is 0 Å². The largest absolute Gasteiger partial charge is 0.412 e. The molecule has 2 amide bonds. The van der Waals surface area contributed by atoms with E-state index in [1.807, 2.05) is 5.32 Å². The van der Waals surface area contributed by atoms with Crippen LogP contribution in [0.1, 0.15) is 11.6 Å². The molecule has 0 saturated heterocycles. The van der Waals surface area contributed by atoms with Crippen molar-refractivity contribution in [2.45, 2.75) is 12.2 Å². The second-order valence-electron chi connectivity index (χ2n) is 4.05. The van der Waals surface area contributed by atoms with Crippen molar-refractivity contribution in [3.63, 3.8) is 0 Å². The van der Waals surface area contributed by atoms with Gasteiger partial charge in [-0.2, -0.15) is 13.2 Å². The first-order valence-corrected chi connectivity index (χ1v) is 7.21. The zero-order valence-corrected chi connectivity index (χ0v) is 12.2. The highest BCUT2D eigenvalue weighted by Crippen LogP contribution is 2.33. The number of primary amides is 1. The summed E-state index contributed by atoms with van der Waals surface area (Å²) in [5.41, 5.74) is 4.75. The van der Waals surface area contributed by atoms with E-state index in [9.17, 15) is 22.8 Å². The van der Waals surface area contributed by atoms with Crippen LogP contribution in [-0.4, -0.2) is 29.5 Å². The molecular formula is C12H12ClF3N2O2S. The predicted octanol–water partition coefficient (Wildman–Crippen LogP) is 2.28. The number of alkyl halides is 3. The molecule has 0 radical (unpaired) electrons. The highest BCUT2D eigenvalue weighted by atomic mass is 35.5. The average molecular weight is 341 g/mol. The standard InChI is InChI=1S/C12H12ClF3N2O2S/c13-8-3-1-7(2-4-8)11(12(14,15)16)18-10(20)6-21-5-9(17)19/h1-4,11H,5-6H2,(H2,17,19)(H,18,20)/t11-/m0/s1. The Kier molecular flexibility index (Phi) is 6.35. The third-order valence-electron chi connectivity index (χ3n) is 2.31. The number of carbonyl (C=O) groups is 2. The van der Waals surface area contributed by atoms with Crippen LogP contribution in [0.2, 0.25) is 5.02 Å². The van der Waals surface area contributed by atoms with Gasteiger partial charge < -0.3 is 11.1 Å². The molecule has 21 heavy (non-hydrogen) atoms. The highest BCUT2D eigenvalue weighted by molar-refractivity contribution is 8.00. The summed E-state index contributed by atoms with van der Waals surface area (Å²) in [6.07, 6.45) is -4.64. The van der Waals surface area contributed by atoms with Gasteiger partial charge in [0.05, 0.1) is 11.5 Å². The van der Waals surface area contributed by atoms with Crippen molar-refractivity contribution in [2.75, 3.05) is 11.5 Å². The summed E-state index contributed by atoms with van der Waals surface area (Å²) in [5, 5.41) is 2.18. The number of halogens is 4. The molecule has 0 unspecified atom stereocenters. The molecule has 3 N–H and O–H groups in total. The van der Waals surface area contributed by atoms with Crippen molar-refractivity contribution in [1.82, 2.24) is 5.32 Å². The maximum absolute atomic E-state index is 13.0. The number of hydrogen-bond donors (Lipinski definition) is 2. The van der Waals surface area contributed by atoms with Crippen molar-refractivity contribution in [1.29, 1.82) is 0 Å². The molecule has 0 aromatic heterocycles. The molecule has 1 aromatic rings. The Labute approximate surface area is 128 Å². The van der Waals surface area contributed by atoms with Gasteiger partial charge in [0.15, 0.2) is 6.04 Å². The van der Waals surface area contributed by atoms with Crippen LogP contribution >= 0.6 is 23.4 Å². The number of rotatable bonds is 6. The van der Waals surface area contributed by atoms with E-state index in [0.29, 0.717) is 5.02 Å². The van der Waals surface area contributed by atoms with E-state index in [1.54, 1.807) is 0 Å². The molecule has 0 bridgehead atoms. The van der Waals surface area contributed by atoms with Gasteiger partial charge in [0.2, 0.25) is 11.8 Å². The average Bonchev–Trinajstić information content (AvgIpc) is 2.35. The summed E-state index contributed by atoms with van der Waals surface area (Å²) in [5.74, 6) is -1.90. The first-order valence-electron chi connectivity index (χ1n) is 5.67. The van der Waals surface area contributed by atoms with E-state index in [1.165, 1.54) is 24.3 Å². The molecule has 1 aromatic carbocycles. The monoisotopic (exact) mass is 340 g/mol. The van der Waals surface area contributed by atoms with E-state index in [4.69, 9.17) is 17.3 Å². The molecule has 0 heterocycles. The second-order valence-corrected chi connectivity index (χ2v) is 5.47. The van der Waals surface area contributed by atoms with Gasteiger partial charge in [0, 0.05) is 5.02 Å². The Hall–Kier alpha value is -1.41. The molecular weight excluding hydrogens is 329 g/mol. The van der Waals surface area contributed by atoms with E-state index in [-0.39, 0.29) is 17.1 Å². The zero-order valence-electron chi connectivity index (χ0n) is 10.6. The summed E-state index contributed by atoms with van der Waals surface area (Å²) >= 11 is 6.46. The van der Waals surface area contributed by atoms with Crippen molar-refractivity contribution in [3.05, 3.63) is 34.9 Å². The number of carbonyl (C=O) groups excluding carboxylic acids is 2. The van der Waals surface area contributed by atoms with E-state index >= 15 is 0 Å². The van der Waals surface area contributed by atoms with Gasteiger partial charge in [-0.1, -0.05) is 23.7 Å². The van der Waals surface area contributed by atoms with Crippen LogP contribution in [-0.2, 0) is 9.59 Å². The minimum atomic E-state index is -4.64. The molecule has 116 valence electrons. The van der Waals surface area contributed by atoms with Crippen LogP contribution in [0.3, 0.4) is 0 Å². The Morgan fingerprint density at radius 2 is 1.81 bits per heavy atom. The minimum absolute atomic E-state index is 0.125. The number of hydrogen-bond acceptors (Lipinski definition) is 3. The quantitative estimate of drug-likeness (QED) is 0.834. The van der Waals surface area contributed by atoms with Crippen molar-refractivity contribution in [2.24, 2.45) is 5.73 Å². The SMILES string of the molecule is NC(=O)CSCC(=O)N[C@@H](c1ccc(Cl)cc1)C(F)(F)F. The van der Waals surface area contributed by atoms with Crippen molar-refractivity contribution >= 4 is 35.2 Å². The lowest BCUT2D eigenvalue weighted by Gasteiger charge is -2.22. The number of amides is 2. The van der Waals surface area contributed by atoms with E-state index in [0.717, 1.165) is 11.8 Å². The van der Waals surface area contributed by atoms with Gasteiger partial charge in [0.1, 0.15) is 0 Å². The first-order chi connectivity index (χ1) is 9.70. The summed E-state index contributed by atoms with van der Waals surface area (Å²) in [7, 11) is 0. The molecule has 0 spiro atoms. The fraction of sp³-hybridized carbons (Fsp3) is 0.333. The number of thioether (sulfide) groups is 1. The Morgan fingerprint density at radius 1 is 1.24 bits per heavy atom. The molecule has 0 saturated carbocycles. The third kappa shape index (κ3) is 6.26. The Morgan fingerprint density at radius 3 is 2.29 bits per heavy atom. The summed E-state index contributed by atoms with van der Waals surface area (Å²) in [6, 6.07) is 2.87. The predicted molar refractivity (Wildman–Crippen MR) is 74.9 cm³/mol. The Bertz CT molecular complexity index is 508. The number of nitrogens with one attached hydrogen (secondary N) is 1. The molecule has 0 aliphatic carbocycles. The second kappa shape index (κ2) is 7.56. The molecule has 0 fully saturated rings. The molecule has 9 heteroatoms. The summed E-state index contributed by atoms with van der Waals surface area (Å²) in [6.45, 7) is 0. The molecule has 0 aliphatic rings. The molecule has 0 aliphatic heterocycles. The highest BCUT2D eigenvalue weighted by Gasteiger charge is 2.41. The summed E-state index contributed by atoms with van der Waals surface area (Å²) < 4.78 is 39.0. The lowest BCUT2D eigenvalue weighted by Crippen LogP contribution is -2.39. The fourth-order valence-electron chi connectivity index (χ4n) is 1.46. The first kappa shape index (κ1) is 17.6. The van der Waals surface area contributed by atoms with Crippen molar-refractivity contribution in [3.8, 4) is 0 Å². The third-order valence-corrected chi connectivity index (χ3v) is 3.52. The van der Waals surface area contributed by atoms with Crippen LogP contribution in [0.15, 0.2) is 24.3 Å². The van der Waals surface area contributed by atoms with Gasteiger partial charge in [0.25, 0.3) is 0 Å².